The second-order valence-corrected chi connectivity index (χ2v) is 14.3. The number of piperidine rings is 1. The van der Waals surface area contributed by atoms with Gasteiger partial charge < -0.3 is 117 Å². The average Bonchev–Trinajstić information content (AvgIpc) is 3.17. The smallest absolute Gasteiger partial charge is 0.173 e. The molecule has 0 aromatic heterocycles. The molecule has 3 saturated heterocycles. The Bertz CT molecular complexity index is 981. The first-order valence-electron chi connectivity index (χ1n) is 17.4. The topological polar surface area (TPSA) is 410 Å². The fraction of sp³-hybridized carbons (Fsp3) is 1.00. The van der Waals surface area contributed by atoms with Crippen LogP contribution in [-0.2, 0) is 9.47 Å². The minimum atomic E-state index is -1.52. The maximum Gasteiger partial charge on any atom is 0.173 e. The van der Waals surface area contributed by atoms with Crippen LogP contribution in [0.25, 0.3) is 0 Å². The summed E-state index contributed by atoms with van der Waals surface area (Å²) in [4.78, 5) is 1.78. The van der Waals surface area contributed by atoms with Crippen LogP contribution < -0.4 is 10.6 Å². The number of hydrogen-bond donors (Lipinski definition) is 20. The fourth-order valence-corrected chi connectivity index (χ4v) is 6.87. The summed E-state index contributed by atoms with van der Waals surface area (Å²) in [6.07, 6.45) is -17.6. The van der Waals surface area contributed by atoms with E-state index in [-0.39, 0.29) is 6.61 Å². The highest BCUT2D eigenvalue weighted by Gasteiger charge is 2.54. The molecule has 20 N–H and O–H groups in total. The maximum atomic E-state index is 10.2. The molecule has 0 amide bonds. The minimum Gasteiger partial charge on any atom is -0.396 e. The van der Waals surface area contributed by atoms with E-state index in [0.717, 1.165) is 0 Å². The van der Waals surface area contributed by atoms with Gasteiger partial charge in [-0.25, -0.2) is 0 Å². The minimum absolute atomic E-state index is 0.322. The number of likely N-dealkylation sites (tertiary alicyclic amines) is 1. The molecule has 0 radical (unpaired) electrons. The van der Waals surface area contributed by atoms with Crippen molar-refractivity contribution in [2.75, 3.05) is 73.9 Å². The van der Waals surface area contributed by atoms with Crippen LogP contribution in [0.15, 0.2) is 0 Å². The monoisotopic (exact) mass is 799 g/mol. The van der Waals surface area contributed by atoms with Crippen LogP contribution in [0.4, 0.5) is 0 Å². The SMILES string of the molecule is CC1OC(CO)C(O)C(O)C1O.CN1CC(CO)(CO)C(O)C(CO)(CO)C1.CNC1C(O)C(O)C(O)C(O)C1O.CNC1C(O)OC(CO)C(O)C1O. The molecule has 324 valence electrons. The zero-order valence-corrected chi connectivity index (χ0v) is 30.8. The molecule has 23 heteroatoms. The summed E-state index contributed by atoms with van der Waals surface area (Å²) in [5.74, 6) is 0. The molecule has 3 heterocycles. The molecular formula is C31H65N3O20. The first-order chi connectivity index (χ1) is 25.2. The standard InChI is InChI=1S/C10H21NO5.2C7H15NO5.C7H14O5/c1-11-2-9(4-12,5-13)8(16)10(3-11,6-14)7-15;1-8-4-6(11)5(10)3(2-9)13-7(4)12;1-8-2-3(9)5(11)7(13)6(12)4(2)10;1-3-5(9)7(11)6(10)4(2-8)12-3/h8,12-16H,2-7H2,1H3;3-12H,2H2,1H3;2-13H,1H3;3-11H,2H2,1H3. The normalized spacial score (nSPS) is 42.3. The Labute approximate surface area is 312 Å². The van der Waals surface area contributed by atoms with Crippen molar-refractivity contribution in [1.82, 2.24) is 15.5 Å². The van der Waals surface area contributed by atoms with Gasteiger partial charge in [0, 0.05) is 13.1 Å². The highest BCUT2D eigenvalue weighted by Crippen LogP contribution is 2.40. The quantitative estimate of drug-likeness (QED) is 0.108. The molecule has 0 spiro atoms. The Hall–Kier alpha value is -0.920. The fourth-order valence-electron chi connectivity index (χ4n) is 6.87. The Morgan fingerprint density at radius 2 is 0.833 bits per heavy atom. The number of likely N-dealkylation sites (N-methyl/N-ethyl adjacent to an activating group) is 2. The van der Waals surface area contributed by atoms with E-state index < -0.39 is 148 Å². The molecule has 23 nitrogen and oxygen atoms in total. The summed E-state index contributed by atoms with van der Waals surface area (Å²) in [6.45, 7) is -0.156. The molecule has 4 fully saturated rings. The summed E-state index contributed by atoms with van der Waals surface area (Å²) in [5.41, 5.74) is -2.20. The molecule has 14 atom stereocenters. The molecule has 4 rings (SSSR count). The number of ether oxygens (including phenoxy) is 2. The first-order valence-corrected chi connectivity index (χ1v) is 17.4. The zero-order chi connectivity index (χ0) is 41.9. The van der Waals surface area contributed by atoms with E-state index in [1.165, 1.54) is 14.1 Å². The summed E-state index contributed by atoms with van der Waals surface area (Å²) in [6, 6.07) is -1.58. The molecule has 1 aliphatic carbocycles. The lowest BCUT2D eigenvalue weighted by atomic mass is 9.65. The third-order valence-corrected chi connectivity index (χ3v) is 10.4. The maximum absolute atomic E-state index is 10.2. The number of hydrogen-bond acceptors (Lipinski definition) is 23. The van der Waals surface area contributed by atoms with Gasteiger partial charge in [0.05, 0.1) is 74.8 Å². The molecule has 3 aliphatic heterocycles. The number of aliphatic hydroxyl groups is 18. The Morgan fingerprint density at radius 1 is 0.500 bits per heavy atom. The second kappa shape index (κ2) is 22.9. The second-order valence-electron chi connectivity index (χ2n) is 14.3. The van der Waals surface area contributed by atoms with Gasteiger partial charge in [0.1, 0.15) is 73.2 Å². The molecule has 0 bridgehead atoms. The van der Waals surface area contributed by atoms with Crippen molar-refractivity contribution >= 4 is 0 Å². The Kier molecular flexibility index (Phi) is 21.6. The van der Waals surface area contributed by atoms with Gasteiger partial charge in [0.15, 0.2) is 6.29 Å². The zero-order valence-electron chi connectivity index (χ0n) is 30.8. The summed E-state index contributed by atoms with van der Waals surface area (Å²) in [5, 5.41) is 172. The predicted octanol–water partition coefficient (Wildman–Crippen LogP) is -11.5. The molecule has 4 aliphatic rings. The summed E-state index contributed by atoms with van der Waals surface area (Å²) in [7, 11) is 4.77. The van der Waals surface area contributed by atoms with E-state index in [2.05, 4.69) is 10.6 Å². The number of aliphatic hydroxyl groups excluding tert-OH is 18. The number of nitrogens with zero attached hydrogens (tertiary/aromatic N) is 1. The molecule has 0 aromatic rings. The lowest BCUT2D eigenvalue weighted by Crippen LogP contribution is -2.67. The van der Waals surface area contributed by atoms with Gasteiger partial charge in [-0.05, 0) is 28.1 Å². The van der Waals surface area contributed by atoms with Crippen molar-refractivity contribution in [3.8, 4) is 0 Å². The van der Waals surface area contributed by atoms with Gasteiger partial charge >= 0.3 is 0 Å². The van der Waals surface area contributed by atoms with Crippen LogP contribution in [-0.4, -0.2) is 275 Å². The lowest BCUT2D eigenvalue weighted by molar-refractivity contribution is -0.253. The van der Waals surface area contributed by atoms with Crippen molar-refractivity contribution in [1.29, 1.82) is 0 Å². The van der Waals surface area contributed by atoms with E-state index in [4.69, 9.17) is 24.8 Å². The molecule has 54 heavy (non-hydrogen) atoms. The van der Waals surface area contributed by atoms with Crippen LogP contribution in [0.1, 0.15) is 6.92 Å². The van der Waals surface area contributed by atoms with Crippen LogP contribution in [0.2, 0.25) is 0 Å². The van der Waals surface area contributed by atoms with Crippen LogP contribution in [0, 0.1) is 10.8 Å². The Morgan fingerprint density at radius 3 is 1.20 bits per heavy atom. The van der Waals surface area contributed by atoms with E-state index >= 15 is 0 Å². The number of nitrogens with one attached hydrogen (secondary N) is 2. The number of rotatable bonds is 8. The van der Waals surface area contributed by atoms with Crippen molar-refractivity contribution in [3.05, 3.63) is 0 Å². The van der Waals surface area contributed by atoms with Gasteiger partial charge in [-0.3, -0.25) is 0 Å². The van der Waals surface area contributed by atoms with Crippen molar-refractivity contribution in [2.45, 2.75) is 111 Å². The summed E-state index contributed by atoms with van der Waals surface area (Å²) >= 11 is 0. The van der Waals surface area contributed by atoms with Crippen LogP contribution >= 0.6 is 0 Å². The molecular weight excluding hydrogens is 734 g/mol. The van der Waals surface area contributed by atoms with Gasteiger partial charge in [0.25, 0.3) is 0 Å². The van der Waals surface area contributed by atoms with Gasteiger partial charge in [-0.15, -0.1) is 0 Å². The Balaban J connectivity index is 0.000000362. The first kappa shape index (κ1) is 51.1. The highest BCUT2D eigenvalue weighted by atomic mass is 16.6. The van der Waals surface area contributed by atoms with E-state index in [9.17, 15) is 76.6 Å². The largest absolute Gasteiger partial charge is 0.396 e. The van der Waals surface area contributed by atoms with Gasteiger partial charge in [-0.1, -0.05) is 0 Å². The van der Waals surface area contributed by atoms with Crippen molar-refractivity contribution < 1.29 is 101 Å². The lowest BCUT2D eigenvalue weighted by Gasteiger charge is -2.52. The third-order valence-electron chi connectivity index (χ3n) is 10.4. The third kappa shape index (κ3) is 11.6. The van der Waals surface area contributed by atoms with Crippen LogP contribution in [0.3, 0.4) is 0 Å². The highest BCUT2D eigenvalue weighted by molar-refractivity contribution is 5.04. The molecule has 1 saturated carbocycles. The van der Waals surface area contributed by atoms with Gasteiger partial charge in [-0.2, -0.15) is 0 Å². The predicted molar refractivity (Wildman–Crippen MR) is 182 cm³/mol. The summed E-state index contributed by atoms with van der Waals surface area (Å²) < 4.78 is 9.88. The van der Waals surface area contributed by atoms with E-state index in [0.29, 0.717) is 13.1 Å². The van der Waals surface area contributed by atoms with E-state index in [1.54, 1.807) is 18.9 Å². The van der Waals surface area contributed by atoms with Crippen molar-refractivity contribution in [2.24, 2.45) is 10.8 Å². The van der Waals surface area contributed by atoms with Gasteiger partial charge in [0.2, 0.25) is 0 Å². The van der Waals surface area contributed by atoms with E-state index in [1.807, 2.05) is 0 Å². The average molecular weight is 800 g/mol. The molecule has 0 aromatic carbocycles. The van der Waals surface area contributed by atoms with Crippen molar-refractivity contribution in [3.63, 3.8) is 0 Å². The molecule has 14 unspecified atom stereocenters. The van der Waals surface area contributed by atoms with Crippen LogP contribution in [0.5, 0.6) is 0 Å².